The first-order valence-electron chi connectivity index (χ1n) is 9.47. The van der Waals surface area contributed by atoms with E-state index >= 15 is 0 Å². The van der Waals surface area contributed by atoms with E-state index in [2.05, 4.69) is 15.1 Å². The molecule has 0 unspecified atom stereocenters. The Morgan fingerprint density at radius 3 is 2.35 bits per heavy atom. The topological polar surface area (TPSA) is 110 Å². The van der Waals surface area contributed by atoms with Crippen molar-refractivity contribution >= 4 is 5.91 Å². The molecule has 10 heteroatoms. The highest BCUT2D eigenvalue weighted by molar-refractivity contribution is 5.92. The predicted octanol–water partition coefficient (Wildman–Crippen LogP) is 5.29. The van der Waals surface area contributed by atoms with Crippen LogP contribution in [-0.4, -0.2) is 22.2 Å². The maximum Gasteiger partial charge on any atom is 0.435 e. The number of aromatic nitrogens is 2. The van der Waals surface area contributed by atoms with E-state index in [1.54, 1.807) is 12.1 Å². The highest BCUT2D eigenvalue weighted by Crippen LogP contribution is 2.33. The van der Waals surface area contributed by atoms with Crippen molar-refractivity contribution in [3.05, 3.63) is 81.9 Å². The Labute approximate surface area is 175 Å². The van der Waals surface area contributed by atoms with E-state index in [4.69, 9.17) is 11.3 Å². The Morgan fingerprint density at radius 2 is 1.77 bits per heavy atom. The predicted molar refractivity (Wildman–Crippen MR) is 109 cm³/mol. The first kappa shape index (κ1) is 21.9. The van der Waals surface area contributed by atoms with Gasteiger partial charge in [-0.15, -0.1) is 0 Å². The number of alkyl halides is 3. The van der Waals surface area contributed by atoms with Crippen molar-refractivity contribution < 1.29 is 18.0 Å². The van der Waals surface area contributed by atoms with Crippen molar-refractivity contribution in [1.82, 2.24) is 9.78 Å². The van der Waals surface area contributed by atoms with Crippen LogP contribution in [0.15, 0.2) is 59.7 Å². The molecule has 0 aliphatic carbocycles. The molecular weight excluding hydrogens is 409 g/mol. The Hall–Kier alpha value is -3.78. The van der Waals surface area contributed by atoms with Gasteiger partial charge in [0, 0.05) is 22.6 Å². The fourth-order valence-corrected chi connectivity index (χ4v) is 3.09. The first-order chi connectivity index (χ1) is 14.8. The van der Waals surface area contributed by atoms with Gasteiger partial charge in [-0.25, -0.2) is 4.68 Å². The van der Waals surface area contributed by atoms with Gasteiger partial charge < -0.3 is 5.73 Å². The summed E-state index contributed by atoms with van der Waals surface area (Å²) in [5.41, 5.74) is 15.0. The molecular formula is C21H19F3N6O. The Kier molecular flexibility index (Phi) is 6.61. The molecule has 2 aromatic carbocycles. The number of hydrogen-bond donors (Lipinski definition) is 1. The zero-order valence-electron chi connectivity index (χ0n) is 16.4. The smallest absolute Gasteiger partial charge is 0.366 e. The molecule has 3 aromatic rings. The van der Waals surface area contributed by atoms with Gasteiger partial charge in [-0.05, 0) is 60.7 Å². The van der Waals surface area contributed by atoms with Crippen LogP contribution in [-0.2, 0) is 12.6 Å². The van der Waals surface area contributed by atoms with E-state index in [0.29, 0.717) is 17.8 Å². The van der Waals surface area contributed by atoms with Gasteiger partial charge in [-0.1, -0.05) is 29.4 Å². The van der Waals surface area contributed by atoms with Crippen molar-refractivity contribution in [3.63, 3.8) is 0 Å². The lowest BCUT2D eigenvalue weighted by molar-refractivity contribution is -0.141. The van der Waals surface area contributed by atoms with Crippen LogP contribution in [0.2, 0.25) is 0 Å². The summed E-state index contributed by atoms with van der Waals surface area (Å²) in [7, 11) is 0. The molecule has 0 atom stereocenters. The van der Waals surface area contributed by atoms with Gasteiger partial charge in [-0.2, -0.15) is 18.3 Å². The summed E-state index contributed by atoms with van der Waals surface area (Å²) in [6, 6.07) is 14.1. The summed E-state index contributed by atoms with van der Waals surface area (Å²) in [4.78, 5) is 14.0. The molecule has 31 heavy (non-hydrogen) atoms. The number of nitrogens with zero attached hydrogens (tertiary/aromatic N) is 5. The second-order valence-corrected chi connectivity index (χ2v) is 6.84. The number of azide groups is 1. The van der Waals surface area contributed by atoms with Crippen LogP contribution in [0, 0.1) is 0 Å². The fraction of sp³-hybridized carbons (Fsp3) is 0.238. The van der Waals surface area contributed by atoms with E-state index in [0.717, 1.165) is 30.9 Å². The van der Waals surface area contributed by atoms with E-state index < -0.39 is 17.8 Å². The van der Waals surface area contributed by atoms with Crippen LogP contribution in [0.5, 0.6) is 0 Å². The van der Waals surface area contributed by atoms with E-state index in [1.807, 2.05) is 12.1 Å². The minimum Gasteiger partial charge on any atom is -0.366 e. The highest BCUT2D eigenvalue weighted by atomic mass is 19.4. The van der Waals surface area contributed by atoms with Crippen molar-refractivity contribution in [2.75, 3.05) is 6.54 Å². The second-order valence-electron chi connectivity index (χ2n) is 6.84. The van der Waals surface area contributed by atoms with E-state index in [9.17, 15) is 18.0 Å². The fourth-order valence-electron chi connectivity index (χ4n) is 3.09. The van der Waals surface area contributed by atoms with Gasteiger partial charge in [0.15, 0.2) is 5.69 Å². The molecule has 1 heterocycles. The average Bonchev–Trinajstić information content (AvgIpc) is 3.20. The van der Waals surface area contributed by atoms with Crippen LogP contribution >= 0.6 is 0 Å². The lowest BCUT2D eigenvalue weighted by Gasteiger charge is -2.09. The van der Waals surface area contributed by atoms with Gasteiger partial charge >= 0.3 is 6.18 Å². The zero-order chi connectivity index (χ0) is 22.4. The maximum absolute atomic E-state index is 13.3. The quantitative estimate of drug-likeness (QED) is 0.228. The Bertz CT molecular complexity index is 1100. The van der Waals surface area contributed by atoms with Gasteiger partial charge in [0.05, 0.1) is 11.4 Å². The van der Waals surface area contributed by atoms with Crippen LogP contribution in [0.3, 0.4) is 0 Å². The summed E-state index contributed by atoms with van der Waals surface area (Å²) >= 11 is 0. The van der Waals surface area contributed by atoms with Crippen molar-refractivity contribution in [2.24, 2.45) is 10.8 Å². The third-order valence-corrected chi connectivity index (χ3v) is 4.68. The summed E-state index contributed by atoms with van der Waals surface area (Å²) in [6.07, 6.45) is -2.24. The largest absolute Gasteiger partial charge is 0.435 e. The SMILES string of the molecule is [N-]=[N+]=NCCCCc1ccc(-c2cc(C(F)(F)F)nn2-c2ccc(C(N)=O)cc2)cc1. The number of nitrogens with two attached hydrogens (primary N) is 1. The van der Waals surface area contributed by atoms with Crippen LogP contribution < -0.4 is 5.73 Å². The summed E-state index contributed by atoms with van der Waals surface area (Å²) in [6.45, 7) is 0.433. The minimum atomic E-state index is -4.60. The maximum atomic E-state index is 13.3. The summed E-state index contributed by atoms with van der Waals surface area (Å²) in [5.74, 6) is -0.627. The normalized spacial score (nSPS) is 11.2. The third-order valence-electron chi connectivity index (χ3n) is 4.68. The van der Waals surface area contributed by atoms with Crippen molar-refractivity contribution in [3.8, 4) is 16.9 Å². The molecule has 2 N–H and O–H groups in total. The minimum absolute atomic E-state index is 0.248. The number of carbonyl (C=O) groups excluding carboxylic acids is 1. The molecule has 7 nitrogen and oxygen atoms in total. The number of benzene rings is 2. The summed E-state index contributed by atoms with van der Waals surface area (Å²) in [5, 5.41) is 7.22. The molecule has 1 aromatic heterocycles. The van der Waals surface area contributed by atoms with Crippen LogP contribution in [0.4, 0.5) is 13.2 Å². The monoisotopic (exact) mass is 428 g/mol. The van der Waals surface area contributed by atoms with E-state index in [1.165, 1.54) is 28.9 Å². The number of hydrogen-bond acceptors (Lipinski definition) is 3. The van der Waals surface area contributed by atoms with Gasteiger partial charge in [0.25, 0.3) is 0 Å². The Morgan fingerprint density at radius 1 is 1.10 bits per heavy atom. The lowest BCUT2D eigenvalue weighted by Crippen LogP contribution is -2.11. The van der Waals surface area contributed by atoms with Crippen LogP contribution in [0.1, 0.15) is 34.5 Å². The standard InChI is InChI=1S/C21H19F3N6O/c22-21(23,24)19-13-18(30(28-19)17-10-8-16(9-11-17)20(25)31)15-6-4-14(5-7-15)3-1-2-12-27-29-26/h4-11,13H,1-3,12H2,(H2,25,31). The first-order valence-corrected chi connectivity index (χ1v) is 9.47. The van der Waals surface area contributed by atoms with Crippen LogP contribution in [0.25, 0.3) is 27.4 Å². The molecule has 1 amide bonds. The molecule has 0 saturated carbocycles. The summed E-state index contributed by atoms with van der Waals surface area (Å²) < 4.78 is 41.1. The molecule has 160 valence electrons. The highest BCUT2D eigenvalue weighted by Gasteiger charge is 2.35. The Balaban J connectivity index is 1.90. The number of halogens is 3. The molecule has 0 radical (unpaired) electrons. The number of primary amides is 1. The second kappa shape index (κ2) is 9.36. The number of unbranched alkanes of at least 4 members (excludes halogenated alkanes) is 1. The van der Waals surface area contributed by atoms with Crippen molar-refractivity contribution in [2.45, 2.75) is 25.4 Å². The number of carbonyl (C=O) groups is 1. The number of rotatable bonds is 8. The average molecular weight is 428 g/mol. The van der Waals surface area contributed by atoms with Gasteiger partial charge in [-0.3, -0.25) is 4.79 Å². The molecule has 0 aliphatic heterocycles. The van der Waals surface area contributed by atoms with Gasteiger partial charge in [0.2, 0.25) is 5.91 Å². The molecule has 0 spiro atoms. The van der Waals surface area contributed by atoms with E-state index in [-0.39, 0.29) is 11.3 Å². The molecule has 3 rings (SSSR count). The molecule has 0 fully saturated rings. The molecule has 0 saturated heterocycles. The molecule has 0 bridgehead atoms. The molecule has 0 aliphatic rings. The number of aryl methyl sites for hydroxylation is 1. The van der Waals surface area contributed by atoms with Crippen molar-refractivity contribution in [1.29, 1.82) is 0 Å². The van der Waals surface area contributed by atoms with Gasteiger partial charge in [0.1, 0.15) is 0 Å². The lowest BCUT2D eigenvalue weighted by atomic mass is 10.0. The third kappa shape index (κ3) is 5.43. The zero-order valence-corrected chi connectivity index (χ0v) is 16.4. The number of amides is 1.